The Morgan fingerprint density at radius 1 is 0.689 bits per heavy atom. The van der Waals surface area contributed by atoms with Crippen molar-refractivity contribution in [3.63, 3.8) is 0 Å². The summed E-state index contributed by atoms with van der Waals surface area (Å²) in [5.41, 5.74) is 11.9. The Bertz CT molecular complexity index is 1910. The third-order valence-electron chi connectivity index (χ3n) is 8.35. The van der Waals surface area contributed by atoms with Crippen LogP contribution in [0.25, 0.3) is 50.8 Å². The number of benzene rings is 4. The fourth-order valence-electron chi connectivity index (χ4n) is 6.15. The molecule has 0 spiro atoms. The number of imidazole rings is 1. The number of aromatic hydroxyl groups is 1. The monoisotopic (exact) mass is 771 g/mol. The van der Waals surface area contributed by atoms with E-state index in [-0.39, 0.29) is 38.7 Å². The number of pyridine rings is 1. The number of aromatic nitrogens is 3. The number of aryl methyl sites for hydroxylation is 2. The molecule has 0 atom stereocenters. The van der Waals surface area contributed by atoms with Gasteiger partial charge in [0.2, 0.25) is 0 Å². The summed E-state index contributed by atoms with van der Waals surface area (Å²) in [5.74, 6) is 1.42. The molecule has 0 amide bonds. The van der Waals surface area contributed by atoms with Crippen molar-refractivity contribution in [3.8, 4) is 56.6 Å². The molecule has 2 heterocycles. The maximum absolute atomic E-state index is 12.0. The van der Waals surface area contributed by atoms with Crippen LogP contribution in [-0.4, -0.2) is 19.6 Å². The Kier molecular flexibility index (Phi) is 9.56. The van der Waals surface area contributed by atoms with Gasteiger partial charge >= 0.3 is 0 Å². The molecule has 0 saturated heterocycles. The number of rotatable bonds is 7. The average Bonchev–Trinajstić information content (AvgIpc) is 3.45. The van der Waals surface area contributed by atoms with E-state index in [4.69, 9.17) is 9.97 Å². The predicted octanol–water partition coefficient (Wildman–Crippen LogP) is 10.3. The molecule has 5 heteroatoms. The molecule has 2 aromatic heterocycles. The second-order valence-corrected chi connectivity index (χ2v) is 12.0. The Morgan fingerprint density at radius 3 is 1.93 bits per heavy atom. The zero-order valence-corrected chi connectivity index (χ0v) is 28.8. The molecular weight excluding hydrogens is 734 g/mol. The summed E-state index contributed by atoms with van der Waals surface area (Å²) in [5, 5.41) is 12.0. The minimum Gasteiger partial charge on any atom is -0.506 e. The van der Waals surface area contributed by atoms with E-state index in [1.54, 1.807) is 0 Å². The van der Waals surface area contributed by atoms with Crippen LogP contribution in [0.1, 0.15) is 61.8 Å². The molecule has 6 aromatic rings. The van der Waals surface area contributed by atoms with Crippen molar-refractivity contribution in [1.82, 2.24) is 14.5 Å². The fourth-order valence-corrected chi connectivity index (χ4v) is 6.15. The van der Waals surface area contributed by atoms with Gasteiger partial charge in [0.1, 0.15) is 11.6 Å². The van der Waals surface area contributed by atoms with Gasteiger partial charge in [-0.25, -0.2) is 4.98 Å². The molecule has 0 aliphatic heterocycles. The molecule has 0 saturated carbocycles. The number of hydrogen-bond acceptors (Lipinski definition) is 3. The first-order chi connectivity index (χ1) is 21.3. The van der Waals surface area contributed by atoms with Gasteiger partial charge in [-0.1, -0.05) is 82.3 Å². The first-order valence-electron chi connectivity index (χ1n) is 15.3. The maximum Gasteiger partial charge on any atom is 0.148 e. The van der Waals surface area contributed by atoms with Gasteiger partial charge in [0.05, 0.1) is 28.8 Å². The van der Waals surface area contributed by atoms with Crippen molar-refractivity contribution in [2.75, 3.05) is 0 Å². The third kappa shape index (κ3) is 6.04. The van der Waals surface area contributed by atoms with Crippen LogP contribution >= 0.6 is 0 Å². The van der Waals surface area contributed by atoms with E-state index in [1.807, 2.05) is 66.9 Å². The largest absolute Gasteiger partial charge is 0.506 e. The van der Waals surface area contributed by atoms with Gasteiger partial charge in [0.25, 0.3) is 0 Å². The second kappa shape index (κ2) is 13.4. The molecule has 0 unspecified atom stereocenters. The van der Waals surface area contributed by atoms with Crippen LogP contribution in [0.3, 0.4) is 0 Å². The summed E-state index contributed by atoms with van der Waals surface area (Å²) < 4.78 is 2.28. The second-order valence-electron chi connectivity index (χ2n) is 12.0. The van der Waals surface area contributed by atoms with Crippen LogP contribution in [0.15, 0.2) is 103 Å². The van der Waals surface area contributed by atoms with E-state index >= 15 is 0 Å². The molecule has 45 heavy (non-hydrogen) atoms. The van der Waals surface area contributed by atoms with Crippen molar-refractivity contribution in [3.05, 3.63) is 132 Å². The van der Waals surface area contributed by atoms with Gasteiger partial charge in [-0.15, -0.1) is 35.9 Å². The Balaban J connectivity index is 0.00000400. The van der Waals surface area contributed by atoms with Gasteiger partial charge in [0.15, 0.2) is 0 Å². The van der Waals surface area contributed by atoms with Crippen molar-refractivity contribution in [2.24, 2.45) is 0 Å². The van der Waals surface area contributed by atoms with Crippen LogP contribution < -0.4 is 0 Å². The molecule has 6 rings (SSSR count). The van der Waals surface area contributed by atoms with Crippen LogP contribution in [0.2, 0.25) is 0 Å². The SMILES string of the molecule is Cc1cccc(C)c1-c1cnc(-c2cccc(-c3cccc(-c4[c-]cccc4)n3)c2O)n1-c1c(C(C)C)cccc1C(C)C.[Pt]. The topological polar surface area (TPSA) is 50.9 Å². The van der Waals surface area contributed by atoms with Gasteiger partial charge in [0, 0.05) is 32.2 Å². The van der Waals surface area contributed by atoms with Gasteiger partial charge in [-0.05, 0) is 71.8 Å². The quantitative estimate of drug-likeness (QED) is 0.165. The Hall–Kier alpha value is -4.27. The number of para-hydroxylation sites is 2. The van der Waals surface area contributed by atoms with Gasteiger partial charge in [-0.2, -0.15) is 0 Å². The Labute approximate surface area is 281 Å². The van der Waals surface area contributed by atoms with Crippen LogP contribution in [0, 0.1) is 19.9 Å². The number of nitrogens with zero attached hydrogens (tertiary/aromatic N) is 3. The Morgan fingerprint density at radius 2 is 1.29 bits per heavy atom. The van der Waals surface area contributed by atoms with E-state index < -0.39 is 0 Å². The zero-order chi connectivity index (χ0) is 31.0. The molecule has 0 aliphatic rings. The number of phenolic OH excluding ortho intramolecular Hbond substituents is 1. The molecule has 0 bridgehead atoms. The van der Waals surface area contributed by atoms with Gasteiger partial charge in [-0.3, -0.25) is 9.55 Å². The minimum atomic E-state index is 0. The molecule has 230 valence electrons. The van der Waals surface area contributed by atoms with Crippen molar-refractivity contribution < 1.29 is 26.2 Å². The summed E-state index contributed by atoms with van der Waals surface area (Å²) in [6.45, 7) is 13.2. The minimum absolute atomic E-state index is 0. The van der Waals surface area contributed by atoms with Crippen LogP contribution in [0.4, 0.5) is 0 Å². The maximum atomic E-state index is 12.0. The molecule has 0 aliphatic carbocycles. The molecule has 0 radical (unpaired) electrons. The van der Waals surface area contributed by atoms with Crippen LogP contribution in [-0.2, 0) is 21.1 Å². The van der Waals surface area contributed by atoms with E-state index in [2.05, 4.69) is 88.6 Å². The first-order valence-corrected chi connectivity index (χ1v) is 15.3. The molecular formula is C40H38N3OPt-. The van der Waals surface area contributed by atoms with Crippen molar-refractivity contribution >= 4 is 0 Å². The smallest absolute Gasteiger partial charge is 0.148 e. The third-order valence-corrected chi connectivity index (χ3v) is 8.35. The van der Waals surface area contributed by atoms with Gasteiger partial charge < -0.3 is 5.11 Å². The molecule has 4 nitrogen and oxygen atoms in total. The van der Waals surface area contributed by atoms with Crippen LogP contribution in [0.5, 0.6) is 5.75 Å². The number of phenols is 1. The standard InChI is InChI=1S/C40H38N3O.Pt/c1-25(2)30-18-11-19-31(26(3)4)38(30)43-36(37-27(5)14-10-15-28(37)6)24-41-40(43)33-21-12-20-32(39(33)44)35-23-13-22-34(42-35)29-16-8-7-9-17-29;/h7-16,18-26,44H,1-6H3;/q-1;. The van der Waals surface area contributed by atoms with E-state index in [9.17, 15) is 5.11 Å². The molecule has 0 fully saturated rings. The first kappa shape index (κ1) is 32.1. The number of hydrogen-bond donors (Lipinski definition) is 1. The summed E-state index contributed by atoms with van der Waals surface area (Å²) in [6.07, 6.45) is 1.96. The molecule has 1 N–H and O–H groups in total. The van der Waals surface area contributed by atoms with E-state index in [0.29, 0.717) is 22.6 Å². The summed E-state index contributed by atoms with van der Waals surface area (Å²) in [7, 11) is 0. The molecule has 4 aromatic carbocycles. The summed E-state index contributed by atoms with van der Waals surface area (Å²) in [6, 6.07) is 35.8. The van der Waals surface area contributed by atoms with Crippen molar-refractivity contribution in [2.45, 2.75) is 53.4 Å². The normalized spacial score (nSPS) is 11.2. The van der Waals surface area contributed by atoms with E-state index in [0.717, 1.165) is 28.2 Å². The summed E-state index contributed by atoms with van der Waals surface area (Å²) in [4.78, 5) is 9.98. The zero-order valence-electron chi connectivity index (χ0n) is 26.6. The summed E-state index contributed by atoms with van der Waals surface area (Å²) >= 11 is 0. The van der Waals surface area contributed by atoms with Crippen molar-refractivity contribution in [1.29, 1.82) is 0 Å². The fraction of sp³-hybridized carbons (Fsp3) is 0.200. The van der Waals surface area contributed by atoms with E-state index in [1.165, 1.54) is 22.3 Å². The average molecular weight is 772 g/mol. The predicted molar refractivity (Wildman–Crippen MR) is 181 cm³/mol.